The molecule has 1 aromatic carbocycles. The zero-order valence-electron chi connectivity index (χ0n) is 8.55. The van der Waals surface area contributed by atoms with Gasteiger partial charge in [0, 0.05) is 16.6 Å². The smallest absolute Gasteiger partial charge is 0.128 e. The van der Waals surface area contributed by atoms with Crippen molar-refractivity contribution in [3.63, 3.8) is 0 Å². The second-order valence-corrected chi connectivity index (χ2v) is 4.67. The lowest BCUT2D eigenvalue weighted by atomic mass is 9.92. The minimum absolute atomic E-state index is 0.203. The van der Waals surface area contributed by atoms with Gasteiger partial charge in [-0.05, 0) is 37.0 Å². The summed E-state index contributed by atoms with van der Waals surface area (Å²) in [5, 5.41) is 0.555. The fraction of sp³-hybridized carbons (Fsp3) is 0.500. The van der Waals surface area contributed by atoms with Crippen molar-refractivity contribution in [2.45, 2.75) is 31.7 Å². The third kappa shape index (κ3) is 2.32. The molecule has 0 amide bonds. The van der Waals surface area contributed by atoms with Crippen LogP contribution in [0.2, 0.25) is 5.02 Å². The molecule has 0 aliphatic heterocycles. The molecule has 15 heavy (non-hydrogen) atoms. The first-order valence-electron chi connectivity index (χ1n) is 5.39. The van der Waals surface area contributed by atoms with E-state index in [4.69, 9.17) is 17.3 Å². The van der Waals surface area contributed by atoms with Crippen molar-refractivity contribution in [1.82, 2.24) is 0 Å². The van der Waals surface area contributed by atoms with E-state index in [2.05, 4.69) is 0 Å². The maximum atomic E-state index is 13.5. The summed E-state index contributed by atoms with van der Waals surface area (Å²) in [4.78, 5) is 0. The number of halogens is 2. The summed E-state index contributed by atoms with van der Waals surface area (Å²) in [5.41, 5.74) is 6.64. The molecular weight excluding hydrogens is 213 g/mol. The van der Waals surface area contributed by atoms with E-state index in [1.807, 2.05) is 0 Å². The maximum Gasteiger partial charge on any atom is 0.128 e. The van der Waals surface area contributed by atoms with Crippen molar-refractivity contribution in [3.8, 4) is 0 Å². The zero-order valence-corrected chi connectivity index (χ0v) is 9.30. The highest BCUT2D eigenvalue weighted by molar-refractivity contribution is 6.30. The molecule has 0 heterocycles. The summed E-state index contributed by atoms with van der Waals surface area (Å²) >= 11 is 5.85. The van der Waals surface area contributed by atoms with Crippen LogP contribution in [0.5, 0.6) is 0 Å². The second kappa shape index (κ2) is 4.50. The summed E-state index contributed by atoms with van der Waals surface area (Å²) in [6.07, 6.45) is 4.63. The van der Waals surface area contributed by atoms with Crippen molar-refractivity contribution >= 4 is 11.6 Å². The van der Waals surface area contributed by atoms with Crippen LogP contribution in [0.1, 0.15) is 37.3 Å². The molecular formula is C12H15ClFN. The first kappa shape index (κ1) is 10.9. The standard InChI is InChI=1S/C12H15ClFN/c13-9-5-6-11(14)10(7-9)12(15)8-3-1-2-4-8/h5-8,12H,1-4,15H2. The Balaban J connectivity index is 2.23. The average molecular weight is 228 g/mol. The van der Waals surface area contributed by atoms with Crippen molar-refractivity contribution in [2.75, 3.05) is 0 Å². The first-order chi connectivity index (χ1) is 7.18. The van der Waals surface area contributed by atoms with E-state index in [1.54, 1.807) is 12.1 Å². The molecule has 1 aliphatic carbocycles. The van der Waals surface area contributed by atoms with Gasteiger partial charge in [0.15, 0.2) is 0 Å². The molecule has 3 heteroatoms. The highest BCUT2D eigenvalue weighted by Crippen LogP contribution is 2.35. The average Bonchev–Trinajstić information content (AvgIpc) is 2.74. The molecule has 0 radical (unpaired) electrons. The van der Waals surface area contributed by atoms with Crippen LogP contribution in [-0.4, -0.2) is 0 Å². The SMILES string of the molecule is NC(c1cc(Cl)ccc1F)C1CCCC1. The number of hydrogen-bond donors (Lipinski definition) is 1. The van der Waals surface area contributed by atoms with Gasteiger partial charge in [0.1, 0.15) is 5.82 Å². The van der Waals surface area contributed by atoms with Crippen LogP contribution in [0.15, 0.2) is 18.2 Å². The van der Waals surface area contributed by atoms with Gasteiger partial charge in [0.05, 0.1) is 0 Å². The third-order valence-corrected chi connectivity index (χ3v) is 3.46. The van der Waals surface area contributed by atoms with Crippen LogP contribution in [0.3, 0.4) is 0 Å². The highest BCUT2D eigenvalue weighted by atomic mass is 35.5. The normalized spacial score (nSPS) is 19.4. The molecule has 1 saturated carbocycles. The molecule has 82 valence electrons. The Hall–Kier alpha value is -0.600. The Bertz CT molecular complexity index is 347. The third-order valence-electron chi connectivity index (χ3n) is 3.22. The monoisotopic (exact) mass is 227 g/mol. The molecule has 0 bridgehead atoms. The lowest BCUT2D eigenvalue weighted by Crippen LogP contribution is -2.20. The van der Waals surface area contributed by atoms with Crippen molar-refractivity contribution in [3.05, 3.63) is 34.6 Å². The topological polar surface area (TPSA) is 26.0 Å². The Labute approximate surface area is 94.4 Å². The second-order valence-electron chi connectivity index (χ2n) is 4.24. The first-order valence-corrected chi connectivity index (χ1v) is 5.77. The van der Waals surface area contributed by atoms with E-state index in [1.165, 1.54) is 18.9 Å². The van der Waals surface area contributed by atoms with Gasteiger partial charge >= 0.3 is 0 Å². The van der Waals surface area contributed by atoms with E-state index in [0.29, 0.717) is 16.5 Å². The van der Waals surface area contributed by atoms with Crippen LogP contribution in [0.4, 0.5) is 4.39 Å². The van der Waals surface area contributed by atoms with Gasteiger partial charge in [0.25, 0.3) is 0 Å². The number of hydrogen-bond acceptors (Lipinski definition) is 1. The Kier molecular flexibility index (Phi) is 3.27. The lowest BCUT2D eigenvalue weighted by molar-refractivity contribution is 0.429. The van der Waals surface area contributed by atoms with E-state index in [9.17, 15) is 4.39 Å². The molecule has 0 spiro atoms. The fourth-order valence-electron chi connectivity index (χ4n) is 2.34. The summed E-state index contributed by atoms with van der Waals surface area (Å²) in [7, 11) is 0. The van der Waals surface area contributed by atoms with Crippen LogP contribution in [0, 0.1) is 11.7 Å². The molecule has 1 nitrogen and oxygen atoms in total. The van der Waals surface area contributed by atoms with Gasteiger partial charge in [-0.3, -0.25) is 0 Å². The summed E-state index contributed by atoms with van der Waals surface area (Å²) in [6.45, 7) is 0. The molecule has 2 rings (SSSR count). The quantitative estimate of drug-likeness (QED) is 0.820. The van der Waals surface area contributed by atoms with Crippen molar-refractivity contribution in [2.24, 2.45) is 11.7 Å². The molecule has 1 unspecified atom stereocenters. The predicted molar refractivity (Wildman–Crippen MR) is 60.3 cm³/mol. The highest BCUT2D eigenvalue weighted by Gasteiger charge is 2.25. The van der Waals surface area contributed by atoms with Crippen LogP contribution < -0.4 is 5.73 Å². The van der Waals surface area contributed by atoms with E-state index in [0.717, 1.165) is 12.8 Å². The summed E-state index contributed by atoms with van der Waals surface area (Å²) in [5.74, 6) is 0.178. The van der Waals surface area contributed by atoms with E-state index >= 15 is 0 Å². The fourth-order valence-corrected chi connectivity index (χ4v) is 2.52. The molecule has 0 aromatic heterocycles. The predicted octanol–water partition coefficient (Wildman–Crippen LogP) is 3.67. The van der Waals surface area contributed by atoms with Gasteiger partial charge in [-0.2, -0.15) is 0 Å². The van der Waals surface area contributed by atoms with Gasteiger partial charge in [-0.25, -0.2) is 4.39 Å². The summed E-state index contributed by atoms with van der Waals surface area (Å²) in [6, 6.07) is 4.40. The van der Waals surface area contributed by atoms with Crippen molar-refractivity contribution in [1.29, 1.82) is 0 Å². The van der Waals surface area contributed by atoms with Gasteiger partial charge < -0.3 is 5.73 Å². The Morgan fingerprint density at radius 2 is 2.00 bits per heavy atom. The lowest BCUT2D eigenvalue weighted by Gasteiger charge is -2.19. The van der Waals surface area contributed by atoms with Crippen molar-refractivity contribution < 1.29 is 4.39 Å². The van der Waals surface area contributed by atoms with Gasteiger partial charge in [-0.15, -0.1) is 0 Å². The Morgan fingerprint density at radius 3 is 2.67 bits per heavy atom. The van der Waals surface area contributed by atoms with E-state index < -0.39 is 0 Å². The Morgan fingerprint density at radius 1 is 1.33 bits per heavy atom. The van der Waals surface area contributed by atoms with Crippen LogP contribution in [0.25, 0.3) is 0 Å². The minimum atomic E-state index is -0.237. The molecule has 2 N–H and O–H groups in total. The molecule has 0 saturated heterocycles. The van der Waals surface area contributed by atoms with Gasteiger partial charge in [0.2, 0.25) is 0 Å². The largest absolute Gasteiger partial charge is 0.324 e. The van der Waals surface area contributed by atoms with Crippen LogP contribution >= 0.6 is 11.6 Å². The number of nitrogens with two attached hydrogens (primary N) is 1. The van der Waals surface area contributed by atoms with E-state index in [-0.39, 0.29) is 11.9 Å². The number of benzene rings is 1. The summed E-state index contributed by atoms with van der Waals surface area (Å²) < 4.78 is 13.5. The van der Waals surface area contributed by atoms with Crippen LogP contribution in [-0.2, 0) is 0 Å². The minimum Gasteiger partial charge on any atom is -0.324 e. The molecule has 1 atom stereocenters. The zero-order chi connectivity index (χ0) is 10.8. The molecule has 1 aromatic rings. The molecule has 1 aliphatic rings. The maximum absolute atomic E-state index is 13.5. The van der Waals surface area contributed by atoms with Gasteiger partial charge in [-0.1, -0.05) is 24.4 Å². The molecule has 1 fully saturated rings. The number of rotatable bonds is 2.